The molecule has 2 aromatic rings. The molecule has 0 radical (unpaired) electrons. The minimum Gasteiger partial charge on any atom is -0.356 e. The van der Waals surface area contributed by atoms with Crippen LogP contribution in [0.25, 0.3) is 5.65 Å². The van der Waals surface area contributed by atoms with Crippen molar-refractivity contribution in [2.75, 3.05) is 18.0 Å². The number of rotatable bonds is 3. The fraction of sp³-hybridized carbons (Fsp3) is 0.538. The van der Waals surface area contributed by atoms with Crippen LogP contribution in [0.15, 0.2) is 18.3 Å². The Hall–Kier alpha value is -1.58. The molecule has 0 aromatic carbocycles. The van der Waals surface area contributed by atoms with E-state index in [9.17, 15) is 0 Å². The third kappa shape index (κ3) is 2.75. The lowest BCUT2D eigenvalue weighted by Crippen LogP contribution is -2.23. The zero-order valence-electron chi connectivity index (χ0n) is 11.4. The van der Waals surface area contributed by atoms with Crippen molar-refractivity contribution in [2.24, 2.45) is 0 Å². The second-order valence-electron chi connectivity index (χ2n) is 3.53. The Labute approximate surface area is 103 Å². The minimum atomic E-state index is 0.906. The summed E-state index contributed by atoms with van der Waals surface area (Å²) in [6.45, 7) is 12.2. The highest BCUT2D eigenvalue weighted by atomic mass is 15.3. The van der Waals surface area contributed by atoms with Crippen LogP contribution in [0.1, 0.15) is 33.4 Å². The topological polar surface area (TPSA) is 33.4 Å². The first-order valence-corrected chi connectivity index (χ1v) is 6.32. The summed E-state index contributed by atoms with van der Waals surface area (Å²) in [5, 5.41) is 4.56. The Balaban J connectivity index is 0.000000686. The van der Waals surface area contributed by atoms with Crippen LogP contribution in [0, 0.1) is 6.92 Å². The van der Waals surface area contributed by atoms with E-state index in [1.54, 1.807) is 0 Å². The summed E-state index contributed by atoms with van der Waals surface area (Å²) in [5.74, 6) is 1.01. The van der Waals surface area contributed by atoms with Gasteiger partial charge in [-0.25, -0.2) is 9.50 Å². The van der Waals surface area contributed by atoms with Gasteiger partial charge in [-0.1, -0.05) is 13.8 Å². The van der Waals surface area contributed by atoms with Crippen molar-refractivity contribution in [1.82, 2.24) is 14.6 Å². The highest BCUT2D eigenvalue weighted by molar-refractivity contribution is 5.46. The largest absolute Gasteiger partial charge is 0.356 e. The van der Waals surface area contributed by atoms with Gasteiger partial charge >= 0.3 is 0 Å². The Morgan fingerprint density at radius 1 is 1.18 bits per heavy atom. The van der Waals surface area contributed by atoms with Gasteiger partial charge in [0, 0.05) is 13.1 Å². The number of aryl methyl sites for hydroxylation is 1. The second-order valence-corrected chi connectivity index (χ2v) is 3.53. The average Bonchev–Trinajstić information content (AvgIpc) is 2.75. The molecule has 4 heteroatoms. The Bertz CT molecular complexity index is 457. The van der Waals surface area contributed by atoms with E-state index < -0.39 is 0 Å². The van der Waals surface area contributed by atoms with Gasteiger partial charge in [0.15, 0.2) is 5.65 Å². The van der Waals surface area contributed by atoms with Crippen LogP contribution in [0.4, 0.5) is 5.82 Å². The molecule has 2 rings (SSSR count). The summed E-state index contributed by atoms with van der Waals surface area (Å²) in [7, 11) is 0. The molecule has 0 spiro atoms. The van der Waals surface area contributed by atoms with Crippen LogP contribution in [-0.2, 0) is 0 Å². The van der Waals surface area contributed by atoms with Gasteiger partial charge in [-0.15, -0.1) is 5.10 Å². The van der Waals surface area contributed by atoms with E-state index >= 15 is 0 Å². The second kappa shape index (κ2) is 6.23. The molecule has 0 aliphatic carbocycles. The number of hydrogen-bond acceptors (Lipinski definition) is 3. The maximum atomic E-state index is 4.56. The monoisotopic (exact) mass is 234 g/mol. The molecule has 0 N–H and O–H groups in total. The van der Waals surface area contributed by atoms with Crippen LogP contribution < -0.4 is 4.90 Å². The normalized spacial score (nSPS) is 9.94. The van der Waals surface area contributed by atoms with Crippen molar-refractivity contribution in [1.29, 1.82) is 0 Å². The number of hydrogen-bond donors (Lipinski definition) is 0. The molecule has 0 aliphatic heterocycles. The molecule has 0 atom stereocenters. The fourth-order valence-corrected chi connectivity index (χ4v) is 1.69. The van der Waals surface area contributed by atoms with Crippen molar-refractivity contribution in [2.45, 2.75) is 34.6 Å². The Morgan fingerprint density at radius 2 is 1.82 bits per heavy atom. The van der Waals surface area contributed by atoms with E-state index in [0.29, 0.717) is 0 Å². The van der Waals surface area contributed by atoms with Gasteiger partial charge in [-0.05, 0) is 32.9 Å². The summed E-state index contributed by atoms with van der Waals surface area (Å²) in [6.07, 6.45) is 1.84. The smallest absolute Gasteiger partial charge is 0.153 e. The predicted octanol–water partition coefficient (Wildman–Crippen LogP) is 2.91. The lowest BCUT2D eigenvalue weighted by molar-refractivity contribution is 0.800. The van der Waals surface area contributed by atoms with E-state index in [-0.39, 0.29) is 0 Å². The number of imidazole rings is 1. The number of fused-ring (bicyclic) bond motifs is 1. The molecule has 17 heavy (non-hydrogen) atoms. The van der Waals surface area contributed by atoms with E-state index in [1.165, 1.54) is 0 Å². The minimum absolute atomic E-state index is 0.906. The lowest BCUT2D eigenvalue weighted by Gasteiger charge is -2.19. The highest BCUT2D eigenvalue weighted by Gasteiger charge is 2.06. The molecule has 0 aliphatic rings. The molecule has 0 amide bonds. The zero-order valence-corrected chi connectivity index (χ0v) is 11.4. The van der Waals surface area contributed by atoms with E-state index in [0.717, 1.165) is 30.2 Å². The molecular formula is C13H22N4. The van der Waals surface area contributed by atoms with Crippen molar-refractivity contribution in [3.63, 3.8) is 0 Å². The molecule has 0 saturated heterocycles. The molecule has 2 aromatic heterocycles. The molecule has 0 unspecified atom stereocenters. The predicted molar refractivity (Wildman–Crippen MR) is 72.6 cm³/mol. The SMILES string of the molecule is CC.CCN(CC)c1ccc2ncc(C)n2n1. The molecular weight excluding hydrogens is 212 g/mol. The van der Waals surface area contributed by atoms with Gasteiger partial charge in [0.1, 0.15) is 5.82 Å². The zero-order chi connectivity index (χ0) is 12.8. The summed E-state index contributed by atoms with van der Waals surface area (Å²) in [4.78, 5) is 6.47. The van der Waals surface area contributed by atoms with Crippen LogP contribution in [0.5, 0.6) is 0 Å². The fourth-order valence-electron chi connectivity index (χ4n) is 1.69. The first kappa shape index (κ1) is 13.5. The van der Waals surface area contributed by atoms with Crippen LogP contribution >= 0.6 is 0 Å². The van der Waals surface area contributed by atoms with Crippen molar-refractivity contribution >= 4 is 11.5 Å². The average molecular weight is 234 g/mol. The quantitative estimate of drug-likeness (QED) is 0.818. The standard InChI is InChI=1S/C11H16N4.C2H6/c1-4-14(5-2)11-7-6-10-12-8-9(3)15(10)13-11;1-2/h6-8H,4-5H2,1-3H3;1-2H3. The van der Waals surface area contributed by atoms with Crippen molar-refractivity contribution in [3.05, 3.63) is 24.0 Å². The Kier molecular flexibility index (Phi) is 4.94. The number of anilines is 1. The first-order valence-electron chi connectivity index (χ1n) is 6.32. The number of aromatic nitrogens is 3. The third-order valence-corrected chi connectivity index (χ3v) is 2.61. The van der Waals surface area contributed by atoms with Gasteiger partial charge in [-0.2, -0.15) is 0 Å². The summed E-state index contributed by atoms with van der Waals surface area (Å²) >= 11 is 0. The van der Waals surface area contributed by atoms with Gasteiger partial charge in [0.2, 0.25) is 0 Å². The van der Waals surface area contributed by atoms with Crippen LogP contribution in [0.2, 0.25) is 0 Å². The molecule has 0 fully saturated rings. The van der Waals surface area contributed by atoms with E-state index in [2.05, 4.69) is 28.8 Å². The molecule has 0 saturated carbocycles. The first-order chi connectivity index (χ1) is 8.26. The summed E-state index contributed by atoms with van der Waals surface area (Å²) < 4.78 is 1.88. The van der Waals surface area contributed by atoms with Crippen molar-refractivity contribution in [3.8, 4) is 0 Å². The molecule has 0 bridgehead atoms. The molecule has 2 heterocycles. The Morgan fingerprint density at radius 3 is 2.41 bits per heavy atom. The van der Waals surface area contributed by atoms with E-state index in [4.69, 9.17) is 0 Å². The van der Waals surface area contributed by atoms with Gasteiger partial charge in [0.25, 0.3) is 0 Å². The van der Waals surface area contributed by atoms with E-state index in [1.807, 2.05) is 43.6 Å². The van der Waals surface area contributed by atoms with Gasteiger partial charge in [0.05, 0.1) is 11.9 Å². The van der Waals surface area contributed by atoms with Crippen molar-refractivity contribution < 1.29 is 0 Å². The maximum absolute atomic E-state index is 4.56. The molecule has 94 valence electrons. The van der Waals surface area contributed by atoms with Gasteiger partial charge < -0.3 is 4.90 Å². The third-order valence-electron chi connectivity index (χ3n) is 2.61. The number of nitrogens with zero attached hydrogens (tertiary/aromatic N) is 4. The van der Waals surface area contributed by atoms with Crippen LogP contribution in [-0.4, -0.2) is 27.7 Å². The summed E-state index contributed by atoms with van der Waals surface area (Å²) in [5.41, 5.74) is 1.97. The van der Waals surface area contributed by atoms with Gasteiger partial charge in [-0.3, -0.25) is 0 Å². The lowest BCUT2D eigenvalue weighted by atomic mass is 10.4. The summed E-state index contributed by atoms with van der Waals surface area (Å²) in [6, 6.07) is 4.03. The molecule has 4 nitrogen and oxygen atoms in total. The van der Waals surface area contributed by atoms with Crippen LogP contribution in [0.3, 0.4) is 0 Å². The maximum Gasteiger partial charge on any atom is 0.153 e. The highest BCUT2D eigenvalue weighted by Crippen LogP contribution is 2.12.